The lowest BCUT2D eigenvalue weighted by molar-refractivity contribution is -0.427. The Labute approximate surface area is 146 Å². The summed E-state index contributed by atoms with van der Waals surface area (Å²) >= 11 is 0. The van der Waals surface area contributed by atoms with Crippen LogP contribution in [0.3, 0.4) is 0 Å². The van der Waals surface area contributed by atoms with Crippen LogP contribution >= 0.6 is 0 Å². The molecule has 0 radical (unpaired) electrons. The molecular weight excluding hydrogens is 302 g/mol. The van der Waals surface area contributed by atoms with Gasteiger partial charge >= 0.3 is 0 Å². The maximum atomic E-state index is 11.0. The van der Waals surface area contributed by atoms with Crippen molar-refractivity contribution in [3.63, 3.8) is 0 Å². The minimum Gasteiger partial charge on any atom is -0.303 e. The lowest BCUT2D eigenvalue weighted by Gasteiger charge is -1.98. The number of carbonyl (C=O) groups excluding carboxylic acids is 1. The summed E-state index contributed by atoms with van der Waals surface area (Å²) in [5.74, 6) is 0. The van der Waals surface area contributed by atoms with Crippen LogP contribution < -0.4 is 0 Å². The fourth-order valence-electron chi connectivity index (χ4n) is 2.34. The third kappa shape index (κ3) is 15.2. The Morgan fingerprint density at radius 2 is 1.58 bits per heavy atom. The summed E-state index contributed by atoms with van der Waals surface area (Å²) in [5.41, 5.74) is 0.301. The molecule has 0 heterocycles. The van der Waals surface area contributed by atoms with Gasteiger partial charge in [-0.1, -0.05) is 63.3 Å². The standard InChI is InChI=1S/C20H33NO3/c1-2-3-4-5-8-11-14-17-20(21(23)24)18-15-12-9-6-7-10-13-16-19-22/h6-7,12,15,17,19H,2-5,8-11,13-14,16,18H2,1H3/b7-6-,15-12-,20-17+. The van der Waals surface area contributed by atoms with Crippen LogP contribution in [0.1, 0.15) is 84.0 Å². The van der Waals surface area contributed by atoms with E-state index in [-0.39, 0.29) is 4.92 Å². The van der Waals surface area contributed by atoms with Gasteiger partial charge in [0.1, 0.15) is 6.29 Å². The molecule has 24 heavy (non-hydrogen) atoms. The van der Waals surface area contributed by atoms with E-state index < -0.39 is 0 Å². The van der Waals surface area contributed by atoms with Crippen molar-refractivity contribution in [1.82, 2.24) is 0 Å². The highest BCUT2D eigenvalue weighted by Gasteiger charge is 2.06. The molecule has 0 aromatic rings. The summed E-state index contributed by atoms with van der Waals surface area (Å²) in [6, 6.07) is 0. The smallest absolute Gasteiger partial charge is 0.246 e. The van der Waals surface area contributed by atoms with Gasteiger partial charge in [0.25, 0.3) is 0 Å². The van der Waals surface area contributed by atoms with Crippen LogP contribution in [0.5, 0.6) is 0 Å². The Kier molecular flexibility index (Phi) is 16.4. The van der Waals surface area contributed by atoms with E-state index in [4.69, 9.17) is 0 Å². The minimum absolute atomic E-state index is 0.267. The van der Waals surface area contributed by atoms with Crippen molar-refractivity contribution >= 4 is 6.29 Å². The summed E-state index contributed by atoms with van der Waals surface area (Å²) in [6.45, 7) is 2.20. The highest BCUT2D eigenvalue weighted by atomic mass is 16.6. The predicted octanol–water partition coefficient (Wildman–Crippen LogP) is 6.16. The zero-order chi connectivity index (χ0) is 17.9. The lowest BCUT2D eigenvalue weighted by atomic mass is 10.1. The van der Waals surface area contributed by atoms with Crippen molar-refractivity contribution in [2.24, 2.45) is 0 Å². The first-order valence-electron chi connectivity index (χ1n) is 9.29. The SMILES string of the molecule is CCCCCCCC/C=C(\C/C=C\C/C=C\CCCC=O)[N+](=O)[O-]. The van der Waals surface area contributed by atoms with Gasteiger partial charge in [-0.25, -0.2) is 0 Å². The summed E-state index contributed by atoms with van der Waals surface area (Å²) in [7, 11) is 0. The Morgan fingerprint density at radius 1 is 0.875 bits per heavy atom. The molecule has 0 aliphatic rings. The molecule has 0 spiro atoms. The van der Waals surface area contributed by atoms with Crippen molar-refractivity contribution in [1.29, 1.82) is 0 Å². The molecular formula is C20H33NO3. The molecule has 4 nitrogen and oxygen atoms in total. The maximum absolute atomic E-state index is 11.0. The Morgan fingerprint density at radius 3 is 2.29 bits per heavy atom. The predicted molar refractivity (Wildman–Crippen MR) is 100 cm³/mol. The molecule has 0 saturated carbocycles. The molecule has 0 rings (SSSR count). The molecule has 0 amide bonds. The van der Waals surface area contributed by atoms with Gasteiger partial charge in [-0.05, 0) is 38.2 Å². The van der Waals surface area contributed by atoms with Gasteiger partial charge in [0.15, 0.2) is 0 Å². The number of hydrogen-bond donors (Lipinski definition) is 0. The molecule has 0 aromatic heterocycles. The highest BCUT2D eigenvalue weighted by Crippen LogP contribution is 2.11. The van der Waals surface area contributed by atoms with E-state index in [0.717, 1.165) is 44.8 Å². The number of aldehydes is 1. The summed E-state index contributed by atoms with van der Waals surface area (Å²) in [6.07, 6.45) is 22.2. The fourth-order valence-corrected chi connectivity index (χ4v) is 2.34. The minimum atomic E-state index is -0.267. The van der Waals surface area contributed by atoms with Gasteiger partial charge in [-0.15, -0.1) is 0 Å². The van der Waals surface area contributed by atoms with Crippen LogP contribution in [0.15, 0.2) is 36.1 Å². The number of allylic oxidation sites excluding steroid dienone is 5. The second-order valence-corrected chi connectivity index (χ2v) is 5.99. The molecule has 0 atom stereocenters. The number of nitro groups is 1. The van der Waals surface area contributed by atoms with E-state index in [0.29, 0.717) is 18.5 Å². The molecule has 0 unspecified atom stereocenters. The molecule has 0 fully saturated rings. The van der Waals surface area contributed by atoms with Crippen LogP contribution in [0.4, 0.5) is 0 Å². The van der Waals surface area contributed by atoms with Gasteiger partial charge in [0.05, 0.1) is 11.3 Å². The zero-order valence-electron chi connectivity index (χ0n) is 15.1. The number of rotatable bonds is 16. The molecule has 4 heteroatoms. The Hall–Kier alpha value is -1.71. The van der Waals surface area contributed by atoms with Crippen LogP contribution in [0, 0.1) is 10.1 Å². The monoisotopic (exact) mass is 335 g/mol. The van der Waals surface area contributed by atoms with E-state index in [1.54, 1.807) is 6.08 Å². The first kappa shape index (κ1) is 22.3. The van der Waals surface area contributed by atoms with E-state index in [1.165, 1.54) is 25.7 Å². The largest absolute Gasteiger partial charge is 0.303 e. The van der Waals surface area contributed by atoms with Crippen molar-refractivity contribution in [2.45, 2.75) is 84.0 Å². The van der Waals surface area contributed by atoms with Crippen LogP contribution in [0.25, 0.3) is 0 Å². The van der Waals surface area contributed by atoms with Crippen LogP contribution in [-0.4, -0.2) is 11.2 Å². The first-order valence-corrected chi connectivity index (χ1v) is 9.29. The Balaban J connectivity index is 3.89. The van der Waals surface area contributed by atoms with Crippen molar-refractivity contribution in [3.05, 3.63) is 46.2 Å². The lowest BCUT2D eigenvalue weighted by Crippen LogP contribution is -1.97. The third-order valence-corrected chi connectivity index (χ3v) is 3.80. The number of carbonyl (C=O) groups is 1. The van der Waals surface area contributed by atoms with Crippen molar-refractivity contribution < 1.29 is 9.72 Å². The molecule has 0 aliphatic carbocycles. The molecule has 0 aromatic carbocycles. The molecule has 0 aliphatic heterocycles. The highest BCUT2D eigenvalue weighted by molar-refractivity contribution is 5.49. The second-order valence-electron chi connectivity index (χ2n) is 5.99. The van der Waals surface area contributed by atoms with Crippen molar-refractivity contribution in [2.75, 3.05) is 0 Å². The van der Waals surface area contributed by atoms with Gasteiger partial charge in [-0.3, -0.25) is 10.1 Å². The average molecular weight is 335 g/mol. The maximum Gasteiger partial charge on any atom is 0.246 e. The quantitative estimate of drug-likeness (QED) is 0.112. The number of unbranched alkanes of at least 4 members (excludes halogenated alkanes) is 8. The van der Waals surface area contributed by atoms with Crippen LogP contribution in [-0.2, 0) is 4.79 Å². The third-order valence-electron chi connectivity index (χ3n) is 3.80. The van der Waals surface area contributed by atoms with Gasteiger partial charge in [0.2, 0.25) is 5.70 Å². The van der Waals surface area contributed by atoms with Crippen LogP contribution in [0.2, 0.25) is 0 Å². The van der Waals surface area contributed by atoms with Gasteiger partial charge in [0, 0.05) is 6.42 Å². The topological polar surface area (TPSA) is 60.2 Å². The van der Waals surface area contributed by atoms with Crippen molar-refractivity contribution in [3.8, 4) is 0 Å². The van der Waals surface area contributed by atoms with E-state index in [9.17, 15) is 14.9 Å². The Bertz CT molecular complexity index is 411. The van der Waals surface area contributed by atoms with Gasteiger partial charge in [-0.2, -0.15) is 0 Å². The van der Waals surface area contributed by atoms with Gasteiger partial charge < -0.3 is 4.79 Å². The second kappa shape index (κ2) is 17.6. The molecule has 0 bridgehead atoms. The zero-order valence-corrected chi connectivity index (χ0v) is 15.1. The number of hydrogen-bond acceptors (Lipinski definition) is 3. The summed E-state index contributed by atoms with van der Waals surface area (Å²) in [5, 5.41) is 11.0. The molecule has 136 valence electrons. The molecule has 0 N–H and O–H groups in total. The average Bonchev–Trinajstić information content (AvgIpc) is 2.57. The number of nitrogens with zero attached hydrogens (tertiary/aromatic N) is 1. The van der Waals surface area contributed by atoms with E-state index in [1.807, 2.05) is 18.2 Å². The summed E-state index contributed by atoms with van der Waals surface area (Å²) < 4.78 is 0. The van der Waals surface area contributed by atoms with E-state index in [2.05, 4.69) is 13.0 Å². The normalized spacial score (nSPS) is 12.3. The summed E-state index contributed by atoms with van der Waals surface area (Å²) in [4.78, 5) is 20.9. The first-order chi connectivity index (χ1) is 11.7. The fraction of sp³-hybridized carbons (Fsp3) is 0.650. The molecule has 0 saturated heterocycles. The van der Waals surface area contributed by atoms with E-state index >= 15 is 0 Å².